The number of ether oxygens (including phenoxy) is 2. The van der Waals surface area contributed by atoms with E-state index in [9.17, 15) is 9.59 Å². The number of amides is 1. The zero-order chi connectivity index (χ0) is 18.8. The molecule has 25 heavy (non-hydrogen) atoms. The summed E-state index contributed by atoms with van der Waals surface area (Å²) in [4.78, 5) is 24.5. The van der Waals surface area contributed by atoms with E-state index in [2.05, 4.69) is 6.58 Å². The van der Waals surface area contributed by atoms with Crippen molar-refractivity contribution in [3.63, 3.8) is 0 Å². The third-order valence-electron chi connectivity index (χ3n) is 3.48. The minimum Gasteiger partial charge on any atom is -0.489 e. The molecule has 1 aromatic rings. The van der Waals surface area contributed by atoms with Crippen molar-refractivity contribution in [3.8, 4) is 11.5 Å². The molecule has 1 aromatic carbocycles. The van der Waals surface area contributed by atoms with Crippen molar-refractivity contribution in [1.82, 2.24) is 4.90 Å². The van der Waals surface area contributed by atoms with Crippen molar-refractivity contribution in [3.05, 3.63) is 48.6 Å². The van der Waals surface area contributed by atoms with Gasteiger partial charge in [-0.05, 0) is 38.5 Å². The molecule has 136 valence electrons. The van der Waals surface area contributed by atoms with Crippen LogP contribution in [0.3, 0.4) is 0 Å². The summed E-state index contributed by atoms with van der Waals surface area (Å²) >= 11 is 0. The molecule has 0 heterocycles. The van der Waals surface area contributed by atoms with Gasteiger partial charge in [-0.25, -0.2) is 0 Å². The lowest BCUT2D eigenvalue weighted by molar-refractivity contribution is -0.132. The highest BCUT2D eigenvalue weighted by Crippen LogP contribution is 2.25. The molecule has 0 radical (unpaired) electrons. The molecule has 0 bridgehead atoms. The molecule has 0 aromatic heterocycles. The number of carbonyl (C=O) groups excluding carboxylic acids is 2. The van der Waals surface area contributed by atoms with Gasteiger partial charge in [0.2, 0.25) is 5.91 Å². The highest BCUT2D eigenvalue weighted by atomic mass is 16.5. The van der Waals surface area contributed by atoms with Crippen molar-refractivity contribution in [1.29, 1.82) is 0 Å². The van der Waals surface area contributed by atoms with Crippen LogP contribution in [0, 0.1) is 0 Å². The van der Waals surface area contributed by atoms with E-state index in [0.717, 1.165) is 5.56 Å². The first-order valence-electron chi connectivity index (χ1n) is 8.32. The molecule has 0 spiro atoms. The Bertz CT molecular complexity index is 635. The van der Waals surface area contributed by atoms with E-state index < -0.39 is 0 Å². The Labute approximate surface area is 149 Å². The monoisotopic (exact) mass is 345 g/mol. The molecule has 5 nitrogen and oxygen atoms in total. The van der Waals surface area contributed by atoms with Gasteiger partial charge in [0, 0.05) is 32.0 Å². The average molecular weight is 345 g/mol. The van der Waals surface area contributed by atoms with E-state index in [1.165, 1.54) is 6.92 Å². The van der Waals surface area contributed by atoms with Crippen LogP contribution in [0.4, 0.5) is 0 Å². The van der Waals surface area contributed by atoms with E-state index in [-0.39, 0.29) is 17.9 Å². The number of hydrogen-bond donors (Lipinski definition) is 0. The molecule has 0 aliphatic carbocycles. The molecule has 0 saturated carbocycles. The summed E-state index contributed by atoms with van der Waals surface area (Å²) in [6.07, 6.45) is 6.21. The van der Waals surface area contributed by atoms with Gasteiger partial charge in [-0.2, -0.15) is 0 Å². The van der Waals surface area contributed by atoms with E-state index in [0.29, 0.717) is 31.1 Å². The quantitative estimate of drug-likeness (QED) is 0.390. The fourth-order valence-corrected chi connectivity index (χ4v) is 2.34. The van der Waals surface area contributed by atoms with Gasteiger partial charge in [0.15, 0.2) is 0 Å². The topological polar surface area (TPSA) is 55.8 Å². The van der Waals surface area contributed by atoms with E-state index in [1.54, 1.807) is 36.1 Å². The molecule has 0 saturated heterocycles. The van der Waals surface area contributed by atoms with Crippen LogP contribution in [0.5, 0.6) is 11.5 Å². The third kappa shape index (κ3) is 7.25. The molecular formula is C20H27NO4. The molecule has 0 N–H and O–H groups in total. The summed E-state index contributed by atoms with van der Waals surface area (Å²) in [5.41, 5.74) is 0.899. The van der Waals surface area contributed by atoms with Crippen LogP contribution in [-0.4, -0.2) is 36.0 Å². The SMILES string of the molecule is C=CCOc1ccc(OC(C)=O)cc1C/C=C/CN(C(C)=O)C(C)C. The second kappa shape index (κ2) is 10.3. The van der Waals surface area contributed by atoms with Crippen molar-refractivity contribution in [2.45, 2.75) is 40.2 Å². The highest BCUT2D eigenvalue weighted by Gasteiger charge is 2.10. The molecule has 0 fully saturated rings. The number of nitrogens with zero attached hydrogens (tertiary/aromatic N) is 1. The Morgan fingerprint density at radius 1 is 1.24 bits per heavy atom. The summed E-state index contributed by atoms with van der Waals surface area (Å²) in [6, 6.07) is 5.42. The van der Waals surface area contributed by atoms with Crippen molar-refractivity contribution < 1.29 is 19.1 Å². The van der Waals surface area contributed by atoms with Crippen LogP contribution in [0.25, 0.3) is 0 Å². The van der Waals surface area contributed by atoms with E-state index >= 15 is 0 Å². The summed E-state index contributed by atoms with van der Waals surface area (Å²) in [7, 11) is 0. The molecule has 0 unspecified atom stereocenters. The molecule has 0 aliphatic heterocycles. The van der Waals surface area contributed by atoms with Gasteiger partial charge in [0.05, 0.1) is 0 Å². The van der Waals surface area contributed by atoms with Crippen LogP contribution in [0.15, 0.2) is 43.0 Å². The van der Waals surface area contributed by atoms with Gasteiger partial charge >= 0.3 is 5.97 Å². The van der Waals surface area contributed by atoms with Gasteiger partial charge in [0.1, 0.15) is 18.1 Å². The van der Waals surface area contributed by atoms with Crippen LogP contribution >= 0.6 is 0 Å². The van der Waals surface area contributed by atoms with E-state index in [4.69, 9.17) is 9.47 Å². The lowest BCUT2D eigenvalue weighted by atomic mass is 10.1. The number of esters is 1. The predicted octanol–water partition coefficient (Wildman–Crippen LogP) is 3.53. The largest absolute Gasteiger partial charge is 0.489 e. The Balaban J connectivity index is 2.85. The van der Waals surface area contributed by atoms with Crippen molar-refractivity contribution in [2.24, 2.45) is 0 Å². The lowest BCUT2D eigenvalue weighted by Gasteiger charge is -2.23. The van der Waals surface area contributed by atoms with Crippen molar-refractivity contribution >= 4 is 11.9 Å². The first-order chi connectivity index (χ1) is 11.8. The van der Waals surface area contributed by atoms with Gasteiger partial charge < -0.3 is 14.4 Å². The number of hydrogen-bond acceptors (Lipinski definition) is 4. The molecule has 1 amide bonds. The van der Waals surface area contributed by atoms with Crippen LogP contribution < -0.4 is 9.47 Å². The maximum absolute atomic E-state index is 11.6. The van der Waals surface area contributed by atoms with Crippen LogP contribution in [0.2, 0.25) is 0 Å². The van der Waals surface area contributed by atoms with Gasteiger partial charge in [-0.15, -0.1) is 0 Å². The summed E-state index contributed by atoms with van der Waals surface area (Å²) in [6.45, 7) is 11.5. The second-order valence-electron chi connectivity index (χ2n) is 5.90. The first-order valence-corrected chi connectivity index (χ1v) is 8.32. The Hall–Kier alpha value is -2.56. The average Bonchev–Trinajstić information content (AvgIpc) is 2.52. The van der Waals surface area contributed by atoms with Crippen molar-refractivity contribution in [2.75, 3.05) is 13.2 Å². The summed E-state index contributed by atoms with van der Waals surface area (Å²) < 4.78 is 10.8. The fourth-order valence-electron chi connectivity index (χ4n) is 2.34. The van der Waals surface area contributed by atoms with Gasteiger partial charge in [-0.1, -0.05) is 24.8 Å². The number of benzene rings is 1. The second-order valence-corrected chi connectivity index (χ2v) is 5.90. The zero-order valence-corrected chi connectivity index (χ0v) is 15.5. The van der Waals surface area contributed by atoms with Crippen LogP contribution in [0.1, 0.15) is 33.3 Å². The summed E-state index contributed by atoms with van der Waals surface area (Å²) in [5, 5.41) is 0. The molecule has 5 heteroatoms. The maximum atomic E-state index is 11.6. The summed E-state index contributed by atoms with van der Waals surface area (Å²) in [5.74, 6) is 0.879. The van der Waals surface area contributed by atoms with Gasteiger partial charge in [0.25, 0.3) is 0 Å². The lowest BCUT2D eigenvalue weighted by Crippen LogP contribution is -2.35. The predicted molar refractivity (Wildman–Crippen MR) is 98.8 cm³/mol. The minimum absolute atomic E-state index is 0.0477. The molecule has 1 rings (SSSR count). The molecule has 0 aliphatic rings. The normalized spacial score (nSPS) is 10.8. The minimum atomic E-state index is -0.365. The number of allylic oxidation sites excluding steroid dienone is 1. The Morgan fingerprint density at radius 3 is 2.52 bits per heavy atom. The highest BCUT2D eigenvalue weighted by molar-refractivity contribution is 5.73. The third-order valence-corrected chi connectivity index (χ3v) is 3.48. The molecule has 0 atom stereocenters. The Morgan fingerprint density at radius 2 is 1.96 bits per heavy atom. The van der Waals surface area contributed by atoms with E-state index in [1.807, 2.05) is 26.0 Å². The maximum Gasteiger partial charge on any atom is 0.308 e. The number of rotatable bonds is 9. The first kappa shape index (κ1) is 20.5. The standard InChI is InChI=1S/C20H27NO4/c1-6-13-24-20-11-10-19(25-17(5)23)14-18(20)9-7-8-12-21(15(2)3)16(4)22/h6-8,10-11,14-15H,1,9,12-13H2,2-5H3/b8-7+. The Kier molecular flexibility index (Phi) is 8.47. The fraction of sp³-hybridized carbons (Fsp3) is 0.400. The van der Waals surface area contributed by atoms with Gasteiger partial charge in [-0.3, -0.25) is 9.59 Å². The zero-order valence-electron chi connectivity index (χ0n) is 15.5. The number of carbonyl (C=O) groups is 2. The van der Waals surface area contributed by atoms with Crippen LogP contribution in [-0.2, 0) is 16.0 Å². The molecular weight excluding hydrogens is 318 g/mol. The smallest absolute Gasteiger partial charge is 0.308 e.